The molecule has 1 heterocycles. The maximum Gasteiger partial charge on any atom is 0.194 e. The molecule has 1 aliphatic heterocycles. The van der Waals surface area contributed by atoms with Gasteiger partial charge in [0, 0.05) is 43.2 Å². The summed E-state index contributed by atoms with van der Waals surface area (Å²) >= 11 is 3.50. The number of halogens is 1. The standard InChI is InChI=1S/C18H25BrN4/c1-4-10-21-18(20-5-2)23-13-11-22(12-14-23)15(3)16-6-8-17(19)9-7-16/h1,6-9,15H,5,10-14H2,2-3H3,(H,20,21). The van der Waals surface area contributed by atoms with E-state index < -0.39 is 0 Å². The minimum Gasteiger partial charge on any atom is -0.356 e. The van der Waals surface area contributed by atoms with E-state index in [0.29, 0.717) is 12.6 Å². The molecule has 1 fully saturated rings. The molecule has 0 bridgehead atoms. The van der Waals surface area contributed by atoms with E-state index in [1.54, 1.807) is 0 Å². The summed E-state index contributed by atoms with van der Waals surface area (Å²) in [6, 6.07) is 9.03. The lowest BCUT2D eigenvalue weighted by Crippen LogP contribution is -2.52. The molecule has 1 aromatic rings. The Labute approximate surface area is 148 Å². The summed E-state index contributed by atoms with van der Waals surface area (Å²) in [5.41, 5.74) is 1.36. The van der Waals surface area contributed by atoms with Crippen LogP contribution in [0.1, 0.15) is 25.5 Å². The molecule has 0 saturated carbocycles. The average Bonchev–Trinajstić information content (AvgIpc) is 2.59. The Balaban J connectivity index is 1.94. The van der Waals surface area contributed by atoms with Gasteiger partial charge in [-0.2, -0.15) is 0 Å². The lowest BCUT2D eigenvalue weighted by Gasteiger charge is -2.39. The van der Waals surface area contributed by atoms with Gasteiger partial charge in [-0.25, -0.2) is 4.99 Å². The Hall–Kier alpha value is -1.51. The topological polar surface area (TPSA) is 30.9 Å². The number of nitrogens with zero attached hydrogens (tertiary/aromatic N) is 3. The molecule has 0 aliphatic carbocycles. The summed E-state index contributed by atoms with van der Waals surface area (Å²) in [6.45, 7) is 9.63. The number of nitrogens with one attached hydrogen (secondary N) is 1. The molecule has 1 aliphatic rings. The zero-order chi connectivity index (χ0) is 16.7. The fraction of sp³-hybridized carbons (Fsp3) is 0.500. The van der Waals surface area contributed by atoms with E-state index in [9.17, 15) is 0 Å². The molecule has 1 aromatic carbocycles. The molecule has 1 N–H and O–H groups in total. The molecule has 1 unspecified atom stereocenters. The first-order valence-electron chi connectivity index (χ1n) is 8.12. The third kappa shape index (κ3) is 4.98. The van der Waals surface area contributed by atoms with Crippen molar-refractivity contribution < 1.29 is 0 Å². The zero-order valence-corrected chi connectivity index (χ0v) is 15.5. The van der Waals surface area contributed by atoms with Crippen molar-refractivity contribution >= 4 is 21.9 Å². The molecule has 23 heavy (non-hydrogen) atoms. The second-order valence-corrected chi connectivity index (χ2v) is 6.54. The van der Waals surface area contributed by atoms with Crippen molar-refractivity contribution in [2.75, 3.05) is 39.3 Å². The third-order valence-electron chi connectivity index (χ3n) is 4.17. The molecule has 124 valence electrons. The van der Waals surface area contributed by atoms with Gasteiger partial charge in [-0.05, 0) is 31.5 Å². The number of aliphatic imine (C=N–C) groups is 1. The van der Waals surface area contributed by atoms with E-state index in [1.165, 1.54) is 5.56 Å². The molecule has 2 rings (SSSR count). The number of hydrogen-bond acceptors (Lipinski definition) is 2. The first kappa shape index (κ1) is 17.8. The molecule has 4 nitrogen and oxygen atoms in total. The maximum absolute atomic E-state index is 5.32. The SMILES string of the molecule is C#CCN=C(NCC)N1CCN(C(C)c2ccc(Br)cc2)CC1. The molecule has 0 radical (unpaired) electrons. The fourth-order valence-electron chi connectivity index (χ4n) is 2.82. The van der Waals surface area contributed by atoms with E-state index in [1.807, 2.05) is 0 Å². The van der Waals surface area contributed by atoms with Crippen LogP contribution >= 0.6 is 15.9 Å². The lowest BCUT2D eigenvalue weighted by atomic mass is 10.1. The highest BCUT2D eigenvalue weighted by Crippen LogP contribution is 2.23. The van der Waals surface area contributed by atoms with Gasteiger partial charge in [-0.15, -0.1) is 6.42 Å². The van der Waals surface area contributed by atoms with Crippen LogP contribution in [0.25, 0.3) is 0 Å². The highest BCUT2D eigenvalue weighted by atomic mass is 79.9. The Morgan fingerprint density at radius 2 is 1.96 bits per heavy atom. The quantitative estimate of drug-likeness (QED) is 0.497. The van der Waals surface area contributed by atoms with Gasteiger partial charge in [0.2, 0.25) is 0 Å². The molecule has 1 atom stereocenters. The average molecular weight is 377 g/mol. The van der Waals surface area contributed by atoms with Crippen LogP contribution in [-0.2, 0) is 0 Å². The van der Waals surface area contributed by atoms with Crippen LogP contribution in [-0.4, -0.2) is 55.0 Å². The van der Waals surface area contributed by atoms with Crippen molar-refractivity contribution in [2.24, 2.45) is 4.99 Å². The smallest absolute Gasteiger partial charge is 0.194 e. The van der Waals surface area contributed by atoms with Crippen molar-refractivity contribution in [2.45, 2.75) is 19.9 Å². The van der Waals surface area contributed by atoms with Gasteiger partial charge in [0.25, 0.3) is 0 Å². The molecule has 5 heteroatoms. The number of piperazine rings is 1. The molecule has 0 spiro atoms. The summed E-state index contributed by atoms with van der Waals surface area (Å²) in [4.78, 5) is 9.28. The summed E-state index contributed by atoms with van der Waals surface area (Å²) in [5.74, 6) is 3.51. The lowest BCUT2D eigenvalue weighted by molar-refractivity contribution is 0.138. The molecule has 0 amide bonds. The normalized spacial score (nSPS) is 17.7. The monoisotopic (exact) mass is 376 g/mol. The second kappa shape index (κ2) is 8.95. The van der Waals surface area contributed by atoms with Crippen LogP contribution in [0, 0.1) is 12.3 Å². The van der Waals surface area contributed by atoms with Gasteiger partial charge in [0.05, 0.1) is 0 Å². The van der Waals surface area contributed by atoms with Gasteiger partial charge >= 0.3 is 0 Å². The van der Waals surface area contributed by atoms with Gasteiger partial charge in [-0.1, -0.05) is 34.0 Å². The largest absolute Gasteiger partial charge is 0.356 e. The van der Waals surface area contributed by atoms with Crippen LogP contribution in [0.2, 0.25) is 0 Å². The minimum absolute atomic E-state index is 0.426. The van der Waals surface area contributed by atoms with Crippen molar-refractivity contribution in [1.82, 2.24) is 15.1 Å². The maximum atomic E-state index is 5.32. The Bertz CT molecular complexity index is 553. The number of terminal acetylenes is 1. The van der Waals surface area contributed by atoms with Crippen LogP contribution in [0.3, 0.4) is 0 Å². The van der Waals surface area contributed by atoms with E-state index in [-0.39, 0.29) is 0 Å². The fourth-order valence-corrected chi connectivity index (χ4v) is 3.08. The van der Waals surface area contributed by atoms with Gasteiger partial charge in [0.15, 0.2) is 5.96 Å². The second-order valence-electron chi connectivity index (χ2n) is 5.62. The van der Waals surface area contributed by atoms with E-state index >= 15 is 0 Å². The van der Waals surface area contributed by atoms with E-state index in [4.69, 9.17) is 6.42 Å². The summed E-state index contributed by atoms with van der Waals surface area (Å²) < 4.78 is 1.12. The van der Waals surface area contributed by atoms with E-state index in [2.05, 4.69) is 80.1 Å². The van der Waals surface area contributed by atoms with Crippen LogP contribution in [0.4, 0.5) is 0 Å². The number of benzene rings is 1. The van der Waals surface area contributed by atoms with Crippen molar-refractivity contribution in [3.8, 4) is 12.3 Å². The van der Waals surface area contributed by atoms with Crippen LogP contribution in [0.15, 0.2) is 33.7 Å². The molecular formula is C18H25BrN4. The van der Waals surface area contributed by atoms with Crippen molar-refractivity contribution in [3.63, 3.8) is 0 Å². The highest BCUT2D eigenvalue weighted by Gasteiger charge is 2.23. The third-order valence-corrected chi connectivity index (χ3v) is 4.70. The van der Waals surface area contributed by atoms with Crippen molar-refractivity contribution in [1.29, 1.82) is 0 Å². The number of guanidine groups is 1. The van der Waals surface area contributed by atoms with E-state index in [0.717, 1.165) is 43.2 Å². The Morgan fingerprint density at radius 3 is 2.52 bits per heavy atom. The summed E-state index contributed by atoms with van der Waals surface area (Å²) in [7, 11) is 0. The zero-order valence-electron chi connectivity index (χ0n) is 13.9. The molecule has 0 aromatic heterocycles. The molecular weight excluding hydrogens is 352 g/mol. The predicted molar refractivity (Wildman–Crippen MR) is 101 cm³/mol. The first-order chi connectivity index (χ1) is 11.2. The van der Waals surface area contributed by atoms with Gasteiger partial charge in [0.1, 0.15) is 6.54 Å². The highest BCUT2D eigenvalue weighted by molar-refractivity contribution is 9.10. The Kier molecular flexibility index (Phi) is 6.94. The summed E-state index contributed by atoms with van der Waals surface area (Å²) in [5, 5.41) is 3.33. The van der Waals surface area contributed by atoms with Gasteiger partial charge in [-0.3, -0.25) is 4.90 Å². The predicted octanol–water partition coefficient (Wildman–Crippen LogP) is 2.73. The van der Waals surface area contributed by atoms with Gasteiger partial charge < -0.3 is 10.2 Å². The number of rotatable bonds is 4. The number of hydrogen-bond donors (Lipinski definition) is 1. The minimum atomic E-state index is 0.426. The van der Waals surface area contributed by atoms with Crippen LogP contribution < -0.4 is 5.32 Å². The van der Waals surface area contributed by atoms with Crippen molar-refractivity contribution in [3.05, 3.63) is 34.3 Å². The Morgan fingerprint density at radius 1 is 1.30 bits per heavy atom. The van der Waals surface area contributed by atoms with Crippen LogP contribution in [0.5, 0.6) is 0 Å². The molecule has 1 saturated heterocycles. The summed E-state index contributed by atoms with van der Waals surface area (Å²) in [6.07, 6.45) is 5.32. The first-order valence-corrected chi connectivity index (χ1v) is 8.91.